The van der Waals surface area contributed by atoms with Crippen LogP contribution in [0, 0.1) is 5.41 Å². The molecule has 1 heterocycles. The van der Waals surface area contributed by atoms with Gasteiger partial charge in [0.15, 0.2) is 0 Å². The SMILES string of the molecule is CCC1(CC)CCN(S(=O)(=O)c2cccc(CNC)c2)C1. The molecule has 21 heavy (non-hydrogen) atoms. The molecule has 0 spiro atoms. The summed E-state index contributed by atoms with van der Waals surface area (Å²) >= 11 is 0. The molecule has 1 saturated heterocycles. The third-order valence-corrected chi connectivity index (χ3v) is 6.66. The van der Waals surface area contributed by atoms with Gasteiger partial charge >= 0.3 is 0 Å². The van der Waals surface area contributed by atoms with Gasteiger partial charge in [0.2, 0.25) is 10.0 Å². The van der Waals surface area contributed by atoms with Crippen LogP contribution in [0.4, 0.5) is 0 Å². The van der Waals surface area contributed by atoms with Gasteiger partial charge in [0, 0.05) is 19.6 Å². The van der Waals surface area contributed by atoms with Crippen molar-refractivity contribution in [3.63, 3.8) is 0 Å². The summed E-state index contributed by atoms with van der Waals surface area (Å²) in [6.07, 6.45) is 3.04. The molecule has 1 aliphatic heterocycles. The van der Waals surface area contributed by atoms with Gasteiger partial charge in [-0.15, -0.1) is 0 Å². The lowest BCUT2D eigenvalue weighted by Gasteiger charge is -2.26. The number of hydrogen-bond donors (Lipinski definition) is 1. The van der Waals surface area contributed by atoms with Gasteiger partial charge < -0.3 is 5.32 Å². The monoisotopic (exact) mass is 310 g/mol. The average Bonchev–Trinajstić information content (AvgIpc) is 2.94. The molecular weight excluding hydrogens is 284 g/mol. The second-order valence-electron chi connectivity index (χ2n) is 5.97. The van der Waals surface area contributed by atoms with Crippen molar-refractivity contribution in [3.8, 4) is 0 Å². The first-order valence-electron chi connectivity index (χ1n) is 7.71. The van der Waals surface area contributed by atoms with E-state index in [0.717, 1.165) is 24.8 Å². The lowest BCUT2D eigenvalue weighted by molar-refractivity contribution is 0.279. The molecule has 0 aliphatic carbocycles. The molecular formula is C16H26N2O2S. The van der Waals surface area contributed by atoms with Gasteiger partial charge in [-0.2, -0.15) is 4.31 Å². The number of benzene rings is 1. The van der Waals surface area contributed by atoms with Crippen LogP contribution >= 0.6 is 0 Å². The maximum Gasteiger partial charge on any atom is 0.243 e. The van der Waals surface area contributed by atoms with E-state index >= 15 is 0 Å². The molecule has 1 aliphatic rings. The second kappa shape index (κ2) is 6.46. The molecule has 1 aromatic rings. The highest BCUT2D eigenvalue weighted by molar-refractivity contribution is 7.89. The van der Waals surface area contributed by atoms with E-state index in [2.05, 4.69) is 19.2 Å². The van der Waals surface area contributed by atoms with Crippen molar-refractivity contribution < 1.29 is 8.42 Å². The molecule has 0 aromatic heterocycles. The lowest BCUT2D eigenvalue weighted by Crippen LogP contribution is -2.32. The summed E-state index contributed by atoms with van der Waals surface area (Å²) in [5.74, 6) is 0. The zero-order valence-electron chi connectivity index (χ0n) is 13.2. The first-order valence-corrected chi connectivity index (χ1v) is 9.15. The van der Waals surface area contributed by atoms with Crippen LogP contribution in [0.1, 0.15) is 38.7 Å². The molecule has 4 nitrogen and oxygen atoms in total. The quantitative estimate of drug-likeness (QED) is 0.878. The van der Waals surface area contributed by atoms with Crippen molar-refractivity contribution in [2.75, 3.05) is 20.1 Å². The number of hydrogen-bond acceptors (Lipinski definition) is 3. The van der Waals surface area contributed by atoms with Gasteiger partial charge in [-0.1, -0.05) is 26.0 Å². The predicted molar refractivity (Wildman–Crippen MR) is 85.6 cm³/mol. The maximum absolute atomic E-state index is 12.8. The zero-order chi connectivity index (χ0) is 15.5. The lowest BCUT2D eigenvalue weighted by atomic mass is 9.82. The normalized spacial score (nSPS) is 19.0. The number of nitrogens with one attached hydrogen (secondary N) is 1. The van der Waals surface area contributed by atoms with Crippen LogP contribution in [0.5, 0.6) is 0 Å². The van der Waals surface area contributed by atoms with Crippen molar-refractivity contribution >= 4 is 10.0 Å². The Morgan fingerprint density at radius 3 is 2.57 bits per heavy atom. The minimum absolute atomic E-state index is 0.162. The van der Waals surface area contributed by atoms with E-state index in [1.807, 2.05) is 19.2 Å². The summed E-state index contributed by atoms with van der Waals surface area (Å²) in [5, 5.41) is 3.06. The van der Waals surface area contributed by atoms with Gasteiger partial charge in [0.25, 0.3) is 0 Å². The molecule has 0 saturated carbocycles. The Hall–Kier alpha value is -0.910. The standard InChI is InChI=1S/C16H26N2O2S/c1-4-16(5-2)9-10-18(13-16)21(19,20)15-8-6-7-14(11-15)12-17-3/h6-8,11,17H,4-5,9-10,12-13H2,1-3H3. The fourth-order valence-corrected chi connectivity index (χ4v) is 4.72. The average molecular weight is 310 g/mol. The summed E-state index contributed by atoms with van der Waals surface area (Å²) in [7, 11) is -1.51. The summed E-state index contributed by atoms with van der Waals surface area (Å²) < 4.78 is 27.3. The summed E-state index contributed by atoms with van der Waals surface area (Å²) in [5.41, 5.74) is 1.16. The zero-order valence-corrected chi connectivity index (χ0v) is 14.0. The first kappa shape index (κ1) is 16.5. The van der Waals surface area contributed by atoms with Crippen LogP contribution < -0.4 is 5.32 Å². The van der Waals surface area contributed by atoms with Crippen LogP contribution in [0.15, 0.2) is 29.2 Å². The number of nitrogens with zero attached hydrogens (tertiary/aromatic N) is 1. The summed E-state index contributed by atoms with van der Waals surface area (Å²) in [4.78, 5) is 0.415. The largest absolute Gasteiger partial charge is 0.316 e. The molecule has 0 amide bonds. The summed E-state index contributed by atoms with van der Waals surface area (Å²) in [6, 6.07) is 7.25. The van der Waals surface area contributed by atoms with Gasteiger partial charge in [0.1, 0.15) is 0 Å². The Labute approximate surface area is 128 Å². The third kappa shape index (κ3) is 3.30. The van der Waals surface area contributed by atoms with Crippen molar-refractivity contribution in [2.24, 2.45) is 5.41 Å². The number of rotatable bonds is 6. The van der Waals surface area contributed by atoms with E-state index in [9.17, 15) is 8.42 Å². The van der Waals surface area contributed by atoms with Crippen molar-refractivity contribution in [2.45, 2.75) is 44.6 Å². The Bertz CT molecular complexity index is 580. The van der Waals surface area contributed by atoms with E-state index < -0.39 is 10.0 Å². The third-order valence-electron chi connectivity index (χ3n) is 4.82. The van der Waals surface area contributed by atoms with Crippen molar-refractivity contribution in [1.29, 1.82) is 0 Å². The molecule has 1 aromatic carbocycles. The molecule has 0 atom stereocenters. The Morgan fingerprint density at radius 1 is 1.29 bits per heavy atom. The van der Waals surface area contributed by atoms with Gasteiger partial charge in [-0.05, 0) is 49.4 Å². The molecule has 1 N–H and O–H groups in total. The van der Waals surface area contributed by atoms with E-state index in [4.69, 9.17) is 0 Å². The van der Waals surface area contributed by atoms with E-state index in [0.29, 0.717) is 24.5 Å². The van der Waals surface area contributed by atoms with Gasteiger partial charge in [-0.3, -0.25) is 0 Å². The van der Waals surface area contributed by atoms with E-state index in [-0.39, 0.29) is 5.41 Å². The van der Waals surface area contributed by atoms with Crippen LogP contribution in [0.2, 0.25) is 0 Å². The molecule has 0 radical (unpaired) electrons. The second-order valence-corrected chi connectivity index (χ2v) is 7.91. The fraction of sp³-hybridized carbons (Fsp3) is 0.625. The van der Waals surface area contributed by atoms with Crippen LogP contribution in [-0.2, 0) is 16.6 Å². The smallest absolute Gasteiger partial charge is 0.243 e. The highest BCUT2D eigenvalue weighted by atomic mass is 32.2. The molecule has 5 heteroatoms. The minimum Gasteiger partial charge on any atom is -0.316 e. The maximum atomic E-state index is 12.8. The summed E-state index contributed by atoms with van der Waals surface area (Å²) in [6.45, 7) is 6.29. The van der Waals surface area contributed by atoms with Gasteiger partial charge in [-0.25, -0.2) is 8.42 Å². The molecule has 0 unspecified atom stereocenters. The Morgan fingerprint density at radius 2 is 2.00 bits per heavy atom. The number of sulfonamides is 1. The minimum atomic E-state index is -3.37. The molecule has 1 fully saturated rings. The Balaban J connectivity index is 2.25. The molecule has 0 bridgehead atoms. The first-order chi connectivity index (χ1) is 9.97. The van der Waals surface area contributed by atoms with Crippen LogP contribution in [0.3, 0.4) is 0 Å². The topological polar surface area (TPSA) is 49.4 Å². The van der Waals surface area contributed by atoms with Crippen molar-refractivity contribution in [3.05, 3.63) is 29.8 Å². The highest BCUT2D eigenvalue weighted by Gasteiger charge is 2.40. The van der Waals surface area contributed by atoms with Crippen LogP contribution in [-0.4, -0.2) is 32.9 Å². The molecule has 118 valence electrons. The highest BCUT2D eigenvalue weighted by Crippen LogP contribution is 2.39. The van der Waals surface area contributed by atoms with E-state index in [1.165, 1.54) is 0 Å². The van der Waals surface area contributed by atoms with E-state index in [1.54, 1.807) is 16.4 Å². The van der Waals surface area contributed by atoms with Crippen molar-refractivity contribution in [1.82, 2.24) is 9.62 Å². The molecule has 2 rings (SSSR count). The predicted octanol–water partition coefficient (Wildman–Crippen LogP) is 2.61. The van der Waals surface area contributed by atoms with Gasteiger partial charge in [0.05, 0.1) is 4.90 Å². The Kier molecular flexibility index (Phi) is 5.07. The fourth-order valence-electron chi connectivity index (χ4n) is 3.10. The van der Waals surface area contributed by atoms with Crippen LogP contribution in [0.25, 0.3) is 0 Å².